The lowest BCUT2D eigenvalue weighted by atomic mass is 10.2. The molecule has 1 atom stereocenters. The number of carbonyl (C=O) groups is 1. The molecule has 1 saturated heterocycles. The Balaban J connectivity index is 2.13. The van der Waals surface area contributed by atoms with Crippen LogP contribution >= 0.6 is 0 Å². The van der Waals surface area contributed by atoms with Crippen LogP contribution < -0.4 is 5.56 Å². The maximum Gasteiger partial charge on any atom is 0.352 e. The fraction of sp³-hybridized carbons (Fsp3) is 0.500. The molecule has 17 heavy (non-hydrogen) atoms. The number of aromatic carboxylic acids is 1. The molecule has 0 amide bonds. The van der Waals surface area contributed by atoms with E-state index in [0.29, 0.717) is 13.0 Å². The molecule has 5 heteroatoms. The summed E-state index contributed by atoms with van der Waals surface area (Å²) in [6, 6.07) is 4.29. The number of hydrogen-bond acceptors (Lipinski definition) is 3. The van der Waals surface area contributed by atoms with Crippen molar-refractivity contribution in [1.29, 1.82) is 0 Å². The number of rotatable bonds is 4. The summed E-state index contributed by atoms with van der Waals surface area (Å²) in [6.07, 6.45) is 2.87. The van der Waals surface area contributed by atoms with Gasteiger partial charge in [-0.1, -0.05) is 6.07 Å². The molecule has 0 bridgehead atoms. The van der Waals surface area contributed by atoms with Gasteiger partial charge in [-0.25, -0.2) is 4.79 Å². The Hall–Kier alpha value is -1.62. The summed E-state index contributed by atoms with van der Waals surface area (Å²) in [7, 11) is 0. The maximum atomic E-state index is 11.6. The van der Waals surface area contributed by atoms with Crippen LogP contribution in [0.15, 0.2) is 23.0 Å². The molecule has 92 valence electrons. The normalized spacial score (nSPS) is 19.4. The minimum Gasteiger partial charge on any atom is -0.477 e. The minimum absolute atomic E-state index is 0.0375. The second-order valence-electron chi connectivity index (χ2n) is 4.13. The molecule has 1 N–H and O–H groups in total. The van der Waals surface area contributed by atoms with E-state index < -0.39 is 5.97 Å². The smallest absolute Gasteiger partial charge is 0.352 e. The average Bonchev–Trinajstić information content (AvgIpc) is 2.80. The van der Waals surface area contributed by atoms with Crippen LogP contribution in [0.3, 0.4) is 0 Å². The molecular formula is C12H15NO4. The monoisotopic (exact) mass is 237 g/mol. The van der Waals surface area contributed by atoms with Crippen LogP contribution in [0.5, 0.6) is 0 Å². The lowest BCUT2D eigenvalue weighted by Crippen LogP contribution is -2.26. The van der Waals surface area contributed by atoms with E-state index in [1.807, 2.05) is 0 Å². The zero-order chi connectivity index (χ0) is 12.3. The third-order valence-electron chi connectivity index (χ3n) is 2.97. The van der Waals surface area contributed by atoms with Gasteiger partial charge in [-0.15, -0.1) is 0 Å². The highest BCUT2D eigenvalue weighted by Gasteiger charge is 2.17. The third-order valence-corrected chi connectivity index (χ3v) is 2.97. The fourth-order valence-corrected chi connectivity index (χ4v) is 2.08. The Labute approximate surface area is 98.6 Å². The summed E-state index contributed by atoms with van der Waals surface area (Å²) in [6.45, 7) is 1.16. The fourth-order valence-electron chi connectivity index (χ4n) is 2.08. The third kappa shape index (κ3) is 2.74. The Kier molecular flexibility index (Phi) is 3.58. The molecule has 2 rings (SSSR count). The quantitative estimate of drug-likeness (QED) is 0.851. The van der Waals surface area contributed by atoms with Crippen molar-refractivity contribution in [1.82, 2.24) is 4.57 Å². The van der Waals surface area contributed by atoms with Gasteiger partial charge in [0.2, 0.25) is 0 Å². The molecule has 1 fully saturated rings. The first kappa shape index (κ1) is 11.9. The SMILES string of the molecule is O=C(O)c1cccc(=O)n1CCC1CCCO1. The number of carboxylic acid groups (broad SMARTS) is 1. The summed E-state index contributed by atoms with van der Waals surface area (Å²) >= 11 is 0. The van der Waals surface area contributed by atoms with Crippen molar-refractivity contribution in [2.45, 2.75) is 31.9 Å². The molecule has 1 aliphatic rings. The summed E-state index contributed by atoms with van der Waals surface area (Å²) in [4.78, 5) is 22.6. The van der Waals surface area contributed by atoms with Crippen molar-refractivity contribution in [3.63, 3.8) is 0 Å². The molecule has 1 aromatic rings. The second-order valence-corrected chi connectivity index (χ2v) is 4.13. The van der Waals surface area contributed by atoms with Gasteiger partial charge in [-0.05, 0) is 25.3 Å². The lowest BCUT2D eigenvalue weighted by Gasteiger charge is -2.12. The van der Waals surface area contributed by atoms with Crippen LogP contribution in [0.25, 0.3) is 0 Å². The van der Waals surface area contributed by atoms with Gasteiger partial charge in [-0.3, -0.25) is 4.79 Å². The van der Waals surface area contributed by atoms with Crippen molar-refractivity contribution in [3.8, 4) is 0 Å². The molecule has 2 heterocycles. The molecule has 0 aliphatic carbocycles. The lowest BCUT2D eigenvalue weighted by molar-refractivity contribution is 0.0677. The molecule has 1 aliphatic heterocycles. The minimum atomic E-state index is -1.07. The highest BCUT2D eigenvalue weighted by Crippen LogP contribution is 2.16. The molecule has 5 nitrogen and oxygen atoms in total. The van der Waals surface area contributed by atoms with Crippen LogP contribution in [0, 0.1) is 0 Å². The first-order chi connectivity index (χ1) is 8.18. The van der Waals surface area contributed by atoms with E-state index in [1.54, 1.807) is 0 Å². The zero-order valence-corrected chi connectivity index (χ0v) is 9.46. The number of hydrogen-bond donors (Lipinski definition) is 1. The van der Waals surface area contributed by atoms with Gasteiger partial charge in [0.15, 0.2) is 0 Å². The van der Waals surface area contributed by atoms with E-state index in [0.717, 1.165) is 19.4 Å². The Morgan fingerprint density at radius 1 is 1.53 bits per heavy atom. The summed E-state index contributed by atoms with van der Waals surface area (Å²) in [5.74, 6) is -1.07. The summed E-state index contributed by atoms with van der Waals surface area (Å²) in [5.41, 5.74) is -0.238. The first-order valence-corrected chi connectivity index (χ1v) is 5.73. The summed E-state index contributed by atoms with van der Waals surface area (Å²) < 4.78 is 6.75. The molecular weight excluding hydrogens is 222 g/mol. The van der Waals surface area contributed by atoms with E-state index in [1.165, 1.54) is 22.8 Å². The Morgan fingerprint density at radius 2 is 2.35 bits per heavy atom. The molecule has 0 radical (unpaired) electrons. The molecule has 1 unspecified atom stereocenters. The molecule has 0 aromatic carbocycles. The highest BCUT2D eigenvalue weighted by molar-refractivity contribution is 5.85. The van der Waals surface area contributed by atoms with Crippen LogP contribution in [0.2, 0.25) is 0 Å². The number of nitrogens with zero attached hydrogens (tertiary/aromatic N) is 1. The topological polar surface area (TPSA) is 68.5 Å². The van der Waals surface area contributed by atoms with Crippen molar-refractivity contribution in [2.75, 3.05) is 6.61 Å². The number of pyridine rings is 1. The predicted octanol–water partition coefficient (Wildman–Crippen LogP) is 1.12. The Morgan fingerprint density at radius 3 is 3.00 bits per heavy atom. The van der Waals surface area contributed by atoms with E-state index in [-0.39, 0.29) is 17.4 Å². The van der Waals surface area contributed by atoms with Gasteiger partial charge in [0.25, 0.3) is 5.56 Å². The van der Waals surface area contributed by atoms with Gasteiger partial charge in [0.05, 0.1) is 6.10 Å². The number of ether oxygens (including phenoxy) is 1. The van der Waals surface area contributed by atoms with Gasteiger partial charge < -0.3 is 14.4 Å². The van der Waals surface area contributed by atoms with Gasteiger partial charge >= 0.3 is 5.97 Å². The predicted molar refractivity (Wildman–Crippen MR) is 61.3 cm³/mol. The van der Waals surface area contributed by atoms with E-state index in [9.17, 15) is 9.59 Å². The molecule has 1 aromatic heterocycles. The van der Waals surface area contributed by atoms with E-state index in [2.05, 4.69) is 0 Å². The summed E-state index contributed by atoms with van der Waals surface area (Å²) in [5, 5.41) is 8.99. The zero-order valence-electron chi connectivity index (χ0n) is 9.46. The largest absolute Gasteiger partial charge is 0.477 e. The Bertz CT molecular complexity index is 460. The van der Waals surface area contributed by atoms with E-state index in [4.69, 9.17) is 9.84 Å². The van der Waals surface area contributed by atoms with Crippen LogP contribution in [-0.2, 0) is 11.3 Å². The van der Waals surface area contributed by atoms with Crippen molar-refractivity contribution in [3.05, 3.63) is 34.2 Å². The van der Waals surface area contributed by atoms with Crippen molar-refractivity contribution in [2.24, 2.45) is 0 Å². The first-order valence-electron chi connectivity index (χ1n) is 5.73. The van der Waals surface area contributed by atoms with Crippen molar-refractivity contribution >= 4 is 5.97 Å². The second kappa shape index (κ2) is 5.14. The van der Waals surface area contributed by atoms with E-state index >= 15 is 0 Å². The number of carboxylic acids is 1. The van der Waals surface area contributed by atoms with Crippen LogP contribution in [0.1, 0.15) is 29.8 Å². The van der Waals surface area contributed by atoms with Gasteiger partial charge in [0.1, 0.15) is 5.69 Å². The van der Waals surface area contributed by atoms with Gasteiger partial charge in [-0.2, -0.15) is 0 Å². The average molecular weight is 237 g/mol. The number of aromatic nitrogens is 1. The highest BCUT2D eigenvalue weighted by atomic mass is 16.5. The van der Waals surface area contributed by atoms with Gasteiger partial charge in [0, 0.05) is 19.2 Å². The van der Waals surface area contributed by atoms with Crippen LogP contribution in [-0.4, -0.2) is 28.4 Å². The maximum absolute atomic E-state index is 11.6. The van der Waals surface area contributed by atoms with Crippen molar-refractivity contribution < 1.29 is 14.6 Å². The molecule has 0 spiro atoms. The van der Waals surface area contributed by atoms with Crippen LogP contribution in [0.4, 0.5) is 0 Å². The molecule has 0 saturated carbocycles. The standard InChI is InChI=1S/C12H15NO4/c14-11-5-1-4-10(12(15)16)13(11)7-6-9-3-2-8-17-9/h1,4-5,9H,2-3,6-8H2,(H,15,16).